The molecule has 0 fully saturated rings. The summed E-state index contributed by atoms with van der Waals surface area (Å²) in [6, 6.07) is 7.59. The first-order chi connectivity index (χ1) is 6.61. The standard InChI is InChI=1S/C9H8BrNO2S/c1-7(11(12)13)6-14-9-5-3-2-4-8(9)10/h2-6H,1H3. The van der Waals surface area contributed by atoms with E-state index in [1.807, 2.05) is 24.3 Å². The van der Waals surface area contributed by atoms with Gasteiger partial charge in [0, 0.05) is 21.7 Å². The lowest BCUT2D eigenvalue weighted by Gasteiger charge is -1.98. The molecule has 0 bridgehead atoms. The highest BCUT2D eigenvalue weighted by Crippen LogP contribution is 2.28. The van der Waals surface area contributed by atoms with E-state index in [1.165, 1.54) is 24.1 Å². The molecule has 14 heavy (non-hydrogen) atoms. The zero-order valence-electron chi connectivity index (χ0n) is 7.44. The third-order valence-corrected chi connectivity index (χ3v) is 3.50. The fraction of sp³-hybridized carbons (Fsp3) is 0.111. The van der Waals surface area contributed by atoms with Crippen molar-refractivity contribution in [2.75, 3.05) is 0 Å². The van der Waals surface area contributed by atoms with Crippen LogP contribution in [0.4, 0.5) is 0 Å². The number of hydrogen-bond acceptors (Lipinski definition) is 3. The molecule has 5 heteroatoms. The van der Waals surface area contributed by atoms with E-state index in [0.29, 0.717) is 0 Å². The summed E-state index contributed by atoms with van der Waals surface area (Å²) in [7, 11) is 0. The van der Waals surface area contributed by atoms with Gasteiger partial charge in [-0.1, -0.05) is 23.9 Å². The molecule has 0 spiro atoms. The fourth-order valence-electron chi connectivity index (χ4n) is 0.732. The van der Waals surface area contributed by atoms with Crippen molar-refractivity contribution in [3.63, 3.8) is 0 Å². The molecule has 3 nitrogen and oxygen atoms in total. The van der Waals surface area contributed by atoms with E-state index >= 15 is 0 Å². The predicted octanol–water partition coefficient (Wildman–Crippen LogP) is 3.68. The van der Waals surface area contributed by atoms with Crippen LogP contribution in [-0.4, -0.2) is 4.92 Å². The molecule has 0 aliphatic carbocycles. The minimum Gasteiger partial charge on any atom is -0.259 e. The molecule has 0 atom stereocenters. The lowest BCUT2D eigenvalue weighted by molar-refractivity contribution is -0.424. The first-order valence-electron chi connectivity index (χ1n) is 3.83. The molecule has 1 aromatic rings. The minimum absolute atomic E-state index is 0.144. The van der Waals surface area contributed by atoms with Crippen LogP contribution in [0.1, 0.15) is 6.92 Å². The molecule has 0 aromatic heterocycles. The van der Waals surface area contributed by atoms with Gasteiger partial charge in [-0.15, -0.1) is 0 Å². The lowest BCUT2D eigenvalue weighted by atomic mass is 10.4. The van der Waals surface area contributed by atoms with E-state index in [9.17, 15) is 10.1 Å². The monoisotopic (exact) mass is 273 g/mol. The third-order valence-electron chi connectivity index (χ3n) is 1.48. The van der Waals surface area contributed by atoms with Gasteiger partial charge < -0.3 is 0 Å². The highest BCUT2D eigenvalue weighted by atomic mass is 79.9. The van der Waals surface area contributed by atoms with Gasteiger partial charge in [-0.3, -0.25) is 10.1 Å². The topological polar surface area (TPSA) is 43.1 Å². The number of thioether (sulfide) groups is 1. The number of benzene rings is 1. The zero-order chi connectivity index (χ0) is 10.6. The summed E-state index contributed by atoms with van der Waals surface area (Å²) in [5.41, 5.74) is 0.144. The van der Waals surface area contributed by atoms with Crippen LogP contribution in [0.15, 0.2) is 44.7 Å². The largest absolute Gasteiger partial charge is 0.259 e. The van der Waals surface area contributed by atoms with E-state index in [0.717, 1.165) is 9.37 Å². The highest BCUT2D eigenvalue weighted by Gasteiger charge is 2.03. The van der Waals surface area contributed by atoms with Crippen LogP contribution in [0, 0.1) is 10.1 Å². The van der Waals surface area contributed by atoms with E-state index < -0.39 is 4.92 Å². The van der Waals surface area contributed by atoms with Crippen molar-refractivity contribution in [3.05, 3.63) is 50.0 Å². The second-order valence-corrected chi connectivity index (χ2v) is 4.33. The molecule has 1 aromatic carbocycles. The van der Waals surface area contributed by atoms with Gasteiger partial charge in [0.1, 0.15) is 0 Å². The number of allylic oxidation sites excluding steroid dienone is 1. The summed E-state index contributed by atoms with van der Waals surface area (Å²) in [5, 5.41) is 11.8. The summed E-state index contributed by atoms with van der Waals surface area (Å²) < 4.78 is 0.942. The summed E-state index contributed by atoms with van der Waals surface area (Å²) >= 11 is 4.70. The Labute approximate surface area is 94.5 Å². The van der Waals surface area contributed by atoms with Crippen molar-refractivity contribution >= 4 is 27.7 Å². The summed E-state index contributed by atoms with van der Waals surface area (Å²) in [6.45, 7) is 1.48. The average molecular weight is 274 g/mol. The summed E-state index contributed by atoms with van der Waals surface area (Å²) in [6.07, 6.45) is 0. The Balaban J connectivity index is 2.76. The Kier molecular flexibility index (Phi) is 4.16. The number of hydrogen-bond donors (Lipinski definition) is 0. The van der Waals surface area contributed by atoms with Gasteiger partial charge >= 0.3 is 0 Å². The maximum absolute atomic E-state index is 10.3. The Hall–Kier alpha value is -0.810. The van der Waals surface area contributed by atoms with Crippen LogP contribution in [-0.2, 0) is 0 Å². The van der Waals surface area contributed by atoms with Crippen LogP contribution < -0.4 is 0 Å². The Morgan fingerprint density at radius 3 is 2.79 bits per heavy atom. The first-order valence-corrected chi connectivity index (χ1v) is 5.51. The van der Waals surface area contributed by atoms with Crippen LogP contribution >= 0.6 is 27.7 Å². The van der Waals surface area contributed by atoms with Crippen LogP contribution in [0.5, 0.6) is 0 Å². The summed E-state index contributed by atoms with van der Waals surface area (Å²) in [4.78, 5) is 10.9. The van der Waals surface area contributed by atoms with Gasteiger partial charge in [-0.05, 0) is 28.1 Å². The van der Waals surface area contributed by atoms with Crippen molar-refractivity contribution in [1.29, 1.82) is 0 Å². The van der Waals surface area contributed by atoms with Gasteiger partial charge in [0.15, 0.2) is 0 Å². The van der Waals surface area contributed by atoms with Gasteiger partial charge in [-0.2, -0.15) is 0 Å². The van der Waals surface area contributed by atoms with Crippen LogP contribution in [0.2, 0.25) is 0 Å². The number of rotatable bonds is 3. The van der Waals surface area contributed by atoms with Crippen molar-refractivity contribution in [2.24, 2.45) is 0 Å². The maximum atomic E-state index is 10.3. The molecule has 0 saturated carbocycles. The number of halogens is 1. The van der Waals surface area contributed by atoms with Gasteiger partial charge in [0.25, 0.3) is 0 Å². The molecule has 0 heterocycles. The SMILES string of the molecule is CC(=CSc1ccccc1Br)[N+](=O)[O-]. The highest BCUT2D eigenvalue weighted by molar-refractivity contribution is 9.10. The van der Waals surface area contributed by atoms with E-state index in [1.54, 1.807) is 0 Å². The quantitative estimate of drug-likeness (QED) is 0.479. The fourth-order valence-corrected chi connectivity index (χ4v) is 2.02. The molecule has 0 aliphatic rings. The Morgan fingerprint density at radius 2 is 2.21 bits per heavy atom. The molecule has 1 rings (SSSR count). The molecule has 0 radical (unpaired) electrons. The second-order valence-electron chi connectivity index (χ2n) is 2.56. The van der Waals surface area contributed by atoms with Crippen molar-refractivity contribution in [2.45, 2.75) is 11.8 Å². The van der Waals surface area contributed by atoms with Crippen LogP contribution in [0.3, 0.4) is 0 Å². The molecule has 0 aliphatic heterocycles. The first kappa shape index (κ1) is 11.3. The molecule has 0 amide bonds. The lowest BCUT2D eigenvalue weighted by Crippen LogP contribution is -1.91. The molecule has 0 N–H and O–H groups in total. The molecule has 74 valence electrons. The van der Waals surface area contributed by atoms with Crippen molar-refractivity contribution < 1.29 is 4.92 Å². The molecular formula is C9H8BrNO2S. The number of nitrogens with zero attached hydrogens (tertiary/aromatic N) is 1. The predicted molar refractivity (Wildman–Crippen MR) is 60.8 cm³/mol. The summed E-state index contributed by atoms with van der Waals surface area (Å²) in [5.74, 6) is 0. The Morgan fingerprint density at radius 1 is 1.57 bits per heavy atom. The van der Waals surface area contributed by atoms with Gasteiger partial charge in [0.05, 0.1) is 4.92 Å². The normalized spacial score (nSPS) is 11.4. The van der Waals surface area contributed by atoms with Crippen LogP contribution in [0.25, 0.3) is 0 Å². The number of nitro groups is 1. The maximum Gasteiger partial charge on any atom is 0.249 e. The molecular weight excluding hydrogens is 266 g/mol. The minimum atomic E-state index is -0.399. The van der Waals surface area contributed by atoms with Crippen molar-refractivity contribution in [1.82, 2.24) is 0 Å². The molecule has 0 saturated heterocycles. The third kappa shape index (κ3) is 3.16. The second kappa shape index (κ2) is 5.17. The Bertz CT molecular complexity index is 379. The molecule has 0 unspecified atom stereocenters. The van der Waals surface area contributed by atoms with E-state index in [4.69, 9.17) is 0 Å². The zero-order valence-corrected chi connectivity index (χ0v) is 9.84. The van der Waals surface area contributed by atoms with Gasteiger partial charge in [0.2, 0.25) is 5.70 Å². The van der Waals surface area contributed by atoms with E-state index in [-0.39, 0.29) is 5.70 Å². The van der Waals surface area contributed by atoms with Crippen molar-refractivity contribution in [3.8, 4) is 0 Å². The van der Waals surface area contributed by atoms with Gasteiger partial charge in [-0.25, -0.2) is 0 Å². The van der Waals surface area contributed by atoms with E-state index in [2.05, 4.69) is 15.9 Å². The average Bonchev–Trinajstić information content (AvgIpc) is 2.16. The smallest absolute Gasteiger partial charge is 0.249 e.